The molecular formula is C18H20FN5. The molecule has 0 amide bonds. The number of rotatable bonds is 3. The highest BCUT2D eigenvalue weighted by molar-refractivity contribution is 5.66. The molecule has 3 heterocycles. The Hall–Kier alpha value is -2.34. The second-order valence-electron chi connectivity index (χ2n) is 6.52. The van der Waals surface area contributed by atoms with Gasteiger partial charge in [-0.15, -0.1) is 5.10 Å². The summed E-state index contributed by atoms with van der Waals surface area (Å²) in [6.07, 6.45) is 5.67. The molecule has 124 valence electrons. The van der Waals surface area contributed by atoms with Crippen LogP contribution in [-0.4, -0.2) is 37.5 Å². The number of pyridine rings is 1. The Kier molecular flexibility index (Phi) is 3.98. The molecule has 3 aromatic rings. The van der Waals surface area contributed by atoms with Gasteiger partial charge in [0.25, 0.3) is 0 Å². The molecule has 1 aliphatic rings. The molecule has 0 N–H and O–H groups in total. The standard InChI is InChI=1S/C18H20FN5/c1-13-4-2-3-9-23(13)11-16-10-15(12-24-18(16)20-21-22-24)14-5-7-17(19)8-6-14/h5-8,10,12-13H,2-4,9,11H2,1H3. The first-order valence-electron chi connectivity index (χ1n) is 8.41. The number of piperidine rings is 1. The number of nitrogens with zero attached hydrogens (tertiary/aromatic N) is 5. The van der Waals surface area contributed by atoms with E-state index in [1.807, 2.05) is 6.20 Å². The van der Waals surface area contributed by atoms with Crippen molar-refractivity contribution in [2.24, 2.45) is 0 Å². The lowest BCUT2D eigenvalue weighted by Gasteiger charge is -2.33. The second kappa shape index (κ2) is 6.28. The number of tetrazole rings is 1. The molecule has 6 heteroatoms. The van der Waals surface area contributed by atoms with Crippen molar-refractivity contribution in [3.63, 3.8) is 0 Å². The third kappa shape index (κ3) is 2.89. The van der Waals surface area contributed by atoms with Gasteiger partial charge in [-0.1, -0.05) is 18.6 Å². The van der Waals surface area contributed by atoms with Gasteiger partial charge in [-0.2, -0.15) is 4.52 Å². The zero-order valence-electron chi connectivity index (χ0n) is 13.7. The van der Waals surface area contributed by atoms with Crippen LogP contribution in [0.2, 0.25) is 0 Å². The first-order chi connectivity index (χ1) is 11.7. The summed E-state index contributed by atoms with van der Waals surface area (Å²) in [4.78, 5) is 2.49. The maximum Gasteiger partial charge on any atom is 0.183 e. The summed E-state index contributed by atoms with van der Waals surface area (Å²) in [5, 5.41) is 12.0. The maximum absolute atomic E-state index is 13.2. The van der Waals surface area contributed by atoms with E-state index in [2.05, 4.69) is 33.4 Å². The number of hydrogen-bond acceptors (Lipinski definition) is 4. The predicted octanol–water partition coefficient (Wildman–Crippen LogP) is 3.30. The average Bonchev–Trinajstić information content (AvgIpc) is 3.06. The fourth-order valence-corrected chi connectivity index (χ4v) is 3.44. The summed E-state index contributed by atoms with van der Waals surface area (Å²) < 4.78 is 14.9. The Morgan fingerprint density at radius 1 is 1.17 bits per heavy atom. The van der Waals surface area contributed by atoms with Gasteiger partial charge < -0.3 is 0 Å². The normalized spacial score (nSPS) is 19.0. The number of halogens is 1. The molecule has 2 aromatic heterocycles. The van der Waals surface area contributed by atoms with Gasteiger partial charge in [0.2, 0.25) is 0 Å². The van der Waals surface area contributed by atoms with Crippen LogP contribution >= 0.6 is 0 Å². The van der Waals surface area contributed by atoms with Crippen LogP contribution in [0.5, 0.6) is 0 Å². The first kappa shape index (κ1) is 15.2. The van der Waals surface area contributed by atoms with Crippen LogP contribution in [0.15, 0.2) is 36.5 Å². The highest BCUT2D eigenvalue weighted by Gasteiger charge is 2.20. The Balaban J connectivity index is 1.73. The van der Waals surface area contributed by atoms with Crippen LogP contribution in [0.3, 0.4) is 0 Å². The van der Waals surface area contributed by atoms with Gasteiger partial charge in [-0.3, -0.25) is 4.90 Å². The Bertz CT molecular complexity index is 842. The van der Waals surface area contributed by atoms with Crippen LogP contribution in [0.1, 0.15) is 31.7 Å². The van der Waals surface area contributed by atoms with E-state index in [4.69, 9.17) is 0 Å². The monoisotopic (exact) mass is 325 g/mol. The van der Waals surface area contributed by atoms with Crippen LogP contribution in [0.25, 0.3) is 16.8 Å². The molecule has 0 aliphatic carbocycles. The summed E-state index contributed by atoms with van der Waals surface area (Å²) >= 11 is 0. The van der Waals surface area contributed by atoms with Crippen molar-refractivity contribution < 1.29 is 4.39 Å². The second-order valence-corrected chi connectivity index (χ2v) is 6.52. The quantitative estimate of drug-likeness (QED) is 0.741. The first-order valence-corrected chi connectivity index (χ1v) is 8.41. The van der Waals surface area contributed by atoms with Gasteiger partial charge in [-0.25, -0.2) is 4.39 Å². The number of hydrogen-bond donors (Lipinski definition) is 0. The van der Waals surface area contributed by atoms with Gasteiger partial charge in [0.05, 0.1) is 0 Å². The molecule has 1 aliphatic heterocycles. The van der Waals surface area contributed by atoms with E-state index < -0.39 is 0 Å². The van der Waals surface area contributed by atoms with Crippen LogP contribution < -0.4 is 0 Å². The number of likely N-dealkylation sites (tertiary alicyclic amines) is 1. The third-order valence-electron chi connectivity index (χ3n) is 4.86. The molecule has 0 radical (unpaired) electrons. The van der Waals surface area contributed by atoms with Crippen molar-refractivity contribution in [1.29, 1.82) is 0 Å². The number of aromatic nitrogens is 4. The fourth-order valence-electron chi connectivity index (χ4n) is 3.44. The topological polar surface area (TPSA) is 46.3 Å². The Morgan fingerprint density at radius 2 is 2.00 bits per heavy atom. The SMILES string of the molecule is CC1CCCCN1Cc1cc(-c2ccc(F)cc2)cn2nnnc12. The number of benzene rings is 1. The van der Waals surface area contributed by atoms with Gasteiger partial charge in [0, 0.05) is 29.9 Å². The average molecular weight is 325 g/mol. The van der Waals surface area contributed by atoms with Crippen LogP contribution in [0.4, 0.5) is 4.39 Å². The largest absolute Gasteiger partial charge is 0.296 e. The summed E-state index contributed by atoms with van der Waals surface area (Å²) in [7, 11) is 0. The van der Waals surface area contributed by atoms with Crippen molar-refractivity contribution in [2.45, 2.75) is 38.8 Å². The van der Waals surface area contributed by atoms with Gasteiger partial charge in [0.15, 0.2) is 5.65 Å². The molecule has 5 nitrogen and oxygen atoms in total. The molecule has 1 atom stereocenters. The van der Waals surface area contributed by atoms with E-state index in [9.17, 15) is 4.39 Å². The zero-order valence-corrected chi connectivity index (χ0v) is 13.7. The lowest BCUT2D eigenvalue weighted by Crippen LogP contribution is -2.36. The van der Waals surface area contributed by atoms with E-state index in [0.29, 0.717) is 6.04 Å². The molecule has 0 bridgehead atoms. The van der Waals surface area contributed by atoms with E-state index in [-0.39, 0.29) is 5.82 Å². The summed E-state index contributed by atoms with van der Waals surface area (Å²) in [6.45, 7) is 4.22. The third-order valence-corrected chi connectivity index (χ3v) is 4.86. The van der Waals surface area contributed by atoms with Gasteiger partial charge >= 0.3 is 0 Å². The molecular weight excluding hydrogens is 305 g/mol. The minimum Gasteiger partial charge on any atom is -0.296 e. The summed E-state index contributed by atoms with van der Waals surface area (Å²) in [5.74, 6) is -0.232. The van der Waals surface area contributed by atoms with E-state index in [1.54, 1.807) is 16.6 Å². The van der Waals surface area contributed by atoms with Crippen molar-refractivity contribution in [2.75, 3.05) is 6.54 Å². The van der Waals surface area contributed by atoms with Crippen molar-refractivity contribution >= 4 is 5.65 Å². The van der Waals surface area contributed by atoms with E-state index >= 15 is 0 Å². The predicted molar refractivity (Wildman–Crippen MR) is 89.9 cm³/mol. The summed E-state index contributed by atoms with van der Waals surface area (Å²) in [5.41, 5.74) is 3.85. The molecule has 4 rings (SSSR count). The van der Waals surface area contributed by atoms with Crippen molar-refractivity contribution in [3.05, 3.63) is 47.9 Å². The van der Waals surface area contributed by atoms with Gasteiger partial charge in [0.1, 0.15) is 5.82 Å². The highest BCUT2D eigenvalue weighted by Crippen LogP contribution is 2.25. The molecule has 1 saturated heterocycles. The lowest BCUT2D eigenvalue weighted by atomic mass is 10.0. The van der Waals surface area contributed by atoms with Gasteiger partial charge in [-0.05, 0) is 60.5 Å². The highest BCUT2D eigenvalue weighted by atomic mass is 19.1. The van der Waals surface area contributed by atoms with Crippen molar-refractivity contribution in [1.82, 2.24) is 24.9 Å². The molecule has 1 aromatic carbocycles. The maximum atomic E-state index is 13.2. The molecule has 0 spiro atoms. The molecule has 1 unspecified atom stereocenters. The van der Waals surface area contributed by atoms with Crippen LogP contribution in [-0.2, 0) is 6.54 Å². The minimum atomic E-state index is -0.232. The van der Waals surface area contributed by atoms with E-state index in [1.165, 1.54) is 31.4 Å². The molecule has 24 heavy (non-hydrogen) atoms. The lowest BCUT2D eigenvalue weighted by molar-refractivity contribution is 0.153. The molecule has 0 saturated carbocycles. The Labute approximate surface area is 140 Å². The Morgan fingerprint density at radius 3 is 2.79 bits per heavy atom. The number of fused-ring (bicyclic) bond motifs is 1. The molecule has 1 fully saturated rings. The smallest absolute Gasteiger partial charge is 0.183 e. The van der Waals surface area contributed by atoms with Crippen LogP contribution in [0, 0.1) is 5.82 Å². The fraction of sp³-hybridized carbons (Fsp3) is 0.389. The minimum absolute atomic E-state index is 0.232. The summed E-state index contributed by atoms with van der Waals surface area (Å²) in [6, 6.07) is 9.23. The van der Waals surface area contributed by atoms with Crippen molar-refractivity contribution in [3.8, 4) is 11.1 Å². The zero-order chi connectivity index (χ0) is 16.5. The van der Waals surface area contributed by atoms with E-state index in [0.717, 1.165) is 35.4 Å².